The number of nitrogen functional groups attached to an aromatic ring is 1. The first kappa shape index (κ1) is 17.6. The van der Waals surface area contributed by atoms with Gasteiger partial charge in [0.05, 0.1) is 6.20 Å². The van der Waals surface area contributed by atoms with Crippen molar-refractivity contribution in [1.82, 2.24) is 4.57 Å². The molecule has 3 rings (SSSR count). The smallest absolute Gasteiger partial charge is 0.225 e. The van der Waals surface area contributed by atoms with Crippen LogP contribution in [0.1, 0.15) is 5.56 Å². The average Bonchev–Trinajstić information content (AvgIpc) is 2.63. The molecule has 0 aliphatic carbocycles. The number of halogens is 1. The number of amidine groups is 1. The number of pyridine rings is 1. The van der Waals surface area contributed by atoms with Crippen molar-refractivity contribution in [3.05, 3.63) is 81.6 Å². The third-order valence-corrected chi connectivity index (χ3v) is 4.28. The third kappa shape index (κ3) is 3.41. The second-order valence-corrected chi connectivity index (χ2v) is 6.18. The van der Waals surface area contributed by atoms with Crippen molar-refractivity contribution >= 4 is 28.9 Å². The third-order valence-electron chi connectivity index (χ3n) is 4.02. The van der Waals surface area contributed by atoms with E-state index >= 15 is 0 Å². The van der Waals surface area contributed by atoms with Gasteiger partial charge < -0.3 is 15.7 Å². The van der Waals surface area contributed by atoms with E-state index in [2.05, 4.69) is 0 Å². The quantitative estimate of drug-likeness (QED) is 0.486. The Bertz CT molecular complexity index is 1010. The first-order chi connectivity index (χ1) is 12.4. The van der Waals surface area contributed by atoms with E-state index in [1.165, 1.54) is 12.3 Å². The summed E-state index contributed by atoms with van der Waals surface area (Å²) in [6, 6.07) is 15.5. The number of rotatable bonds is 4. The Morgan fingerprint density at radius 2 is 1.77 bits per heavy atom. The number of nitrogens with zero attached hydrogens (tertiary/aromatic N) is 2. The van der Waals surface area contributed by atoms with E-state index < -0.39 is 5.43 Å². The topological polar surface area (TPSA) is 95.3 Å². The fourth-order valence-corrected chi connectivity index (χ4v) is 2.70. The van der Waals surface area contributed by atoms with Gasteiger partial charge in [0.1, 0.15) is 11.7 Å². The molecule has 0 fully saturated rings. The number of benzene rings is 2. The van der Waals surface area contributed by atoms with Crippen LogP contribution in [0.15, 0.2) is 65.6 Å². The largest absolute Gasteiger partial charge is 0.503 e. The zero-order valence-electron chi connectivity index (χ0n) is 14.0. The monoisotopic (exact) mass is 368 g/mol. The zero-order chi connectivity index (χ0) is 18.8. The van der Waals surface area contributed by atoms with E-state index in [9.17, 15) is 9.90 Å². The minimum Gasteiger partial charge on any atom is -0.503 e. The maximum Gasteiger partial charge on any atom is 0.225 e. The van der Waals surface area contributed by atoms with Crippen LogP contribution in [0.5, 0.6) is 5.75 Å². The van der Waals surface area contributed by atoms with Gasteiger partial charge in [-0.1, -0.05) is 11.6 Å². The van der Waals surface area contributed by atoms with Crippen molar-refractivity contribution in [3.8, 4) is 11.4 Å². The van der Waals surface area contributed by atoms with Gasteiger partial charge in [-0.3, -0.25) is 14.8 Å². The molecule has 3 aromatic rings. The fourth-order valence-electron chi connectivity index (χ4n) is 2.58. The second kappa shape index (κ2) is 6.93. The van der Waals surface area contributed by atoms with Crippen LogP contribution in [0, 0.1) is 5.41 Å². The lowest BCUT2D eigenvalue weighted by atomic mass is 10.2. The summed E-state index contributed by atoms with van der Waals surface area (Å²) in [5, 5.41) is 18.0. The van der Waals surface area contributed by atoms with Gasteiger partial charge >= 0.3 is 0 Å². The van der Waals surface area contributed by atoms with Crippen LogP contribution >= 0.6 is 11.6 Å². The van der Waals surface area contributed by atoms with Gasteiger partial charge in [-0.2, -0.15) is 0 Å². The van der Waals surface area contributed by atoms with Crippen molar-refractivity contribution in [2.45, 2.75) is 0 Å². The normalized spacial score (nSPS) is 10.5. The lowest BCUT2D eigenvalue weighted by molar-refractivity contribution is 0.465. The number of nitrogens with two attached hydrogens (primary N) is 1. The minimum atomic E-state index is -0.475. The molecule has 26 heavy (non-hydrogen) atoms. The maximum absolute atomic E-state index is 12.0. The molecule has 4 N–H and O–H groups in total. The molecule has 0 unspecified atom stereocenters. The Morgan fingerprint density at radius 3 is 2.35 bits per heavy atom. The molecule has 0 atom stereocenters. The van der Waals surface area contributed by atoms with Crippen molar-refractivity contribution in [2.24, 2.45) is 5.73 Å². The highest BCUT2D eigenvalue weighted by Gasteiger charge is 2.13. The number of nitrogens with one attached hydrogen (secondary N) is 1. The van der Waals surface area contributed by atoms with Crippen LogP contribution in [0.3, 0.4) is 0 Å². The Kier molecular flexibility index (Phi) is 4.69. The van der Waals surface area contributed by atoms with Crippen LogP contribution in [-0.4, -0.2) is 22.6 Å². The van der Waals surface area contributed by atoms with Crippen LogP contribution < -0.4 is 16.1 Å². The van der Waals surface area contributed by atoms with E-state index in [1.54, 1.807) is 41.0 Å². The molecule has 6 nitrogen and oxygen atoms in total. The summed E-state index contributed by atoms with van der Waals surface area (Å²) in [6.45, 7) is 0. The SMILES string of the molecule is CN(c1ccc(Cl)cc1)c1cc(=O)c(O)cn1-c1ccc(C(=N)N)cc1. The summed E-state index contributed by atoms with van der Waals surface area (Å²) in [5.74, 6) is 0.178. The van der Waals surface area contributed by atoms with Crippen LogP contribution in [0.25, 0.3) is 5.69 Å². The first-order valence-corrected chi connectivity index (χ1v) is 8.14. The van der Waals surface area contributed by atoms with Gasteiger partial charge in [-0.15, -0.1) is 0 Å². The molecule has 7 heteroatoms. The van der Waals surface area contributed by atoms with Gasteiger partial charge in [0, 0.05) is 35.1 Å². The number of aromatic nitrogens is 1. The maximum atomic E-state index is 12.0. The summed E-state index contributed by atoms with van der Waals surface area (Å²) in [7, 11) is 1.81. The molecule has 1 heterocycles. The summed E-state index contributed by atoms with van der Waals surface area (Å²) in [4.78, 5) is 13.8. The molecule has 0 saturated heterocycles. The van der Waals surface area contributed by atoms with Crippen molar-refractivity contribution in [3.63, 3.8) is 0 Å². The van der Waals surface area contributed by atoms with Crippen molar-refractivity contribution < 1.29 is 5.11 Å². The van der Waals surface area contributed by atoms with E-state index in [1.807, 2.05) is 24.1 Å². The standard InChI is InChI=1S/C19H17ClN4O2/c1-23(14-8-4-13(20)5-9-14)18-10-16(25)17(26)11-24(18)15-6-2-12(3-7-15)19(21)22/h2-11,26H,1H3,(H3,21,22). The van der Waals surface area contributed by atoms with Crippen molar-refractivity contribution in [1.29, 1.82) is 5.41 Å². The predicted octanol–water partition coefficient (Wildman–Crippen LogP) is 3.25. The summed E-state index contributed by atoms with van der Waals surface area (Å²) in [5.41, 5.74) is 7.14. The van der Waals surface area contributed by atoms with Crippen LogP contribution in [-0.2, 0) is 0 Å². The lowest BCUT2D eigenvalue weighted by Crippen LogP contribution is -2.19. The average molecular weight is 369 g/mol. The molecular formula is C19H17ClN4O2. The Balaban J connectivity index is 2.13. The van der Waals surface area contributed by atoms with E-state index in [-0.39, 0.29) is 11.6 Å². The molecule has 0 aliphatic rings. The summed E-state index contributed by atoms with van der Waals surface area (Å²) < 4.78 is 1.69. The number of aromatic hydroxyl groups is 1. The lowest BCUT2D eigenvalue weighted by Gasteiger charge is -2.24. The van der Waals surface area contributed by atoms with Gasteiger partial charge in [0.25, 0.3) is 0 Å². The van der Waals surface area contributed by atoms with Crippen LogP contribution in [0.4, 0.5) is 11.5 Å². The van der Waals surface area contributed by atoms with Gasteiger partial charge in [-0.25, -0.2) is 0 Å². The summed E-state index contributed by atoms with van der Waals surface area (Å²) in [6.07, 6.45) is 1.37. The predicted molar refractivity (Wildman–Crippen MR) is 104 cm³/mol. The molecule has 0 aliphatic heterocycles. The van der Waals surface area contributed by atoms with E-state index in [4.69, 9.17) is 22.7 Å². The van der Waals surface area contributed by atoms with E-state index in [0.717, 1.165) is 5.69 Å². The minimum absolute atomic E-state index is 0.0298. The van der Waals surface area contributed by atoms with Crippen molar-refractivity contribution in [2.75, 3.05) is 11.9 Å². The van der Waals surface area contributed by atoms with E-state index in [0.29, 0.717) is 22.1 Å². The van der Waals surface area contributed by atoms with Gasteiger partial charge in [0.15, 0.2) is 5.75 Å². The molecule has 0 radical (unpaired) electrons. The Morgan fingerprint density at radius 1 is 1.15 bits per heavy atom. The molecule has 0 bridgehead atoms. The molecule has 132 valence electrons. The highest BCUT2D eigenvalue weighted by atomic mass is 35.5. The first-order valence-electron chi connectivity index (χ1n) is 7.76. The van der Waals surface area contributed by atoms with Crippen LogP contribution in [0.2, 0.25) is 5.02 Å². The molecule has 1 aromatic heterocycles. The molecule has 2 aromatic carbocycles. The highest BCUT2D eigenvalue weighted by Crippen LogP contribution is 2.27. The molecular weight excluding hydrogens is 352 g/mol. The number of hydrogen-bond donors (Lipinski definition) is 3. The second-order valence-electron chi connectivity index (χ2n) is 5.75. The number of anilines is 2. The fraction of sp³-hybridized carbons (Fsp3) is 0.0526. The Labute approximate surface area is 155 Å². The number of hydrogen-bond acceptors (Lipinski definition) is 4. The highest BCUT2D eigenvalue weighted by molar-refractivity contribution is 6.30. The Hall–Kier alpha value is -3.25. The zero-order valence-corrected chi connectivity index (χ0v) is 14.7. The van der Waals surface area contributed by atoms with Gasteiger partial charge in [0.2, 0.25) is 5.43 Å². The molecule has 0 spiro atoms. The summed E-state index contributed by atoms with van der Waals surface area (Å²) >= 11 is 5.94. The molecule has 0 amide bonds. The van der Waals surface area contributed by atoms with Gasteiger partial charge in [-0.05, 0) is 48.5 Å². The molecule has 0 saturated carbocycles.